The molecule has 0 aliphatic heterocycles. The first-order valence-electron chi connectivity index (χ1n) is 8.36. The summed E-state index contributed by atoms with van der Waals surface area (Å²) < 4.78 is 5.04. The van der Waals surface area contributed by atoms with E-state index in [0.717, 1.165) is 0 Å². The molecule has 1 aromatic heterocycles. The lowest BCUT2D eigenvalue weighted by atomic mass is 10.0. The van der Waals surface area contributed by atoms with Gasteiger partial charge in [-0.15, -0.1) is 0 Å². The summed E-state index contributed by atoms with van der Waals surface area (Å²) in [6, 6.07) is 14.4. The normalized spacial score (nSPS) is 11.0. The highest BCUT2D eigenvalue weighted by atomic mass is 35.5. The summed E-state index contributed by atoms with van der Waals surface area (Å²) >= 11 is 6.09. The summed E-state index contributed by atoms with van der Waals surface area (Å²) in [6.07, 6.45) is 2.95. The van der Waals surface area contributed by atoms with Gasteiger partial charge in [0.15, 0.2) is 5.75 Å². The summed E-state index contributed by atoms with van der Waals surface area (Å²) in [4.78, 5) is 27.1. The molecule has 0 aliphatic rings. The van der Waals surface area contributed by atoms with Crippen molar-refractivity contribution in [1.82, 2.24) is 10.4 Å². The zero-order chi connectivity index (χ0) is 20.8. The third-order valence-electron chi connectivity index (χ3n) is 3.94. The maximum atomic E-state index is 12.3. The smallest absolute Gasteiger partial charge is 0.311 e. The zero-order valence-corrected chi connectivity index (χ0v) is 16.0. The number of ether oxygens (including phenoxy) is 1. The van der Waals surface area contributed by atoms with Crippen LogP contribution in [0.2, 0.25) is 5.02 Å². The van der Waals surface area contributed by atoms with Crippen LogP contribution < -0.4 is 10.2 Å². The van der Waals surface area contributed by atoms with Gasteiger partial charge < -0.3 is 4.74 Å². The van der Waals surface area contributed by atoms with E-state index in [0.29, 0.717) is 27.4 Å². The van der Waals surface area contributed by atoms with Crippen molar-refractivity contribution in [2.75, 3.05) is 7.11 Å². The summed E-state index contributed by atoms with van der Waals surface area (Å²) in [5.41, 5.74) is 3.84. The number of benzene rings is 2. The van der Waals surface area contributed by atoms with Crippen molar-refractivity contribution in [2.45, 2.75) is 0 Å². The van der Waals surface area contributed by atoms with Gasteiger partial charge in [-0.2, -0.15) is 5.10 Å². The van der Waals surface area contributed by atoms with Gasteiger partial charge in [-0.25, -0.2) is 5.43 Å². The SMILES string of the molecule is COc1ccc(/C(=N\NC(=O)c2cccnc2)c2cccc(Cl)c2)cc1[N+](=O)[O-]. The molecule has 0 fully saturated rings. The third-order valence-corrected chi connectivity index (χ3v) is 4.18. The standard InChI is InChI=1S/C20H15ClN4O4/c1-29-18-8-7-14(11-17(18)25(27)28)19(13-4-2-6-16(21)10-13)23-24-20(26)15-5-3-9-22-12-15/h2-12H,1H3,(H,24,26)/b23-19-. The second kappa shape index (κ2) is 8.94. The Morgan fingerprint density at radius 2 is 1.90 bits per heavy atom. The number of aromatic nitrogens is 1. The number of hydrazone groups is 1. The van der Waals surface area contributed by atoms with Crippen LogP contribution in [-0.2, 0) is 0 Å². The molecule has 0 atom stereocenters. The van der Waals surface area contributed by atoms with Gasteiger partial charge in [0.1, 0.15) is 0 Å². The van der Waals surface area contributed by atoms with E-state index in [-0.39, 0.29) is 11.4 Å². The van der Waals surface area contributed by atoms with E-state index in [2.05, 4.69) is 15.5 Å². The van der Waals surface area contributed by atoms with Gasteiger partial charge in [0.05, 0.1) is 23.3 Å². The molecular weight excluding hydrogens is 396 g/mol. The molecule has 29 heavy (non-hydrogen) atoms. The Morgan fingerprint density at radius 3 is 2.55 bits per heavy atom. The first kappa shape index (κ1) is 20.0. The van der Waals surface area contributed by atoms with Crippen LogP contribution in [0.1, 0.15) is 21.5 Å². The molecule has 3 rings (SSSR count). The Bertz CT molecular complexity index is 1090. The maximum Gasteiger partial charge on any atom is 0.311 e. The first-order valence-corrected chi connectivity index (χ1v) is 8.74. The quantitative estimate of drug-likeness (QED) is 0.377. The van der Waals surface area contributed by atoms with Crippen LogP contribution in [0.5, 0.6) is 5.75 Å². The molecule has 0 radical (unpaired) electrons. The molecule has 0 spiro atoms. The van der Waals surface area contributed by atoms with Gasteiger partial charge in [0.25, 0.3) is 5.91 Å². The molecule has 1 N–H and O–H groups in total. The number of nitro benzene ring substituents is 1. The molecule has 2 aromatic carbocycles. The fraction of sp³-hybridized carbons (Fsp3) is 0.0500. The molecule has 0 aliphatic carbocycles. The number of methoxy groups -OCH3 is 1. The largest absolute Gasteiger partial charge is 0.490 e. The average Bonchev–Trinajstić information content (AvgIpc) is 2.74. The van der Waals surface area contributed by atoms with Gasteiger partial charge in [0, 0.05) is 34.6 Å². The molecule has 146 valence electrons. The van der Waals surface area contributed by atoms with Gasteiger partial charge >= 0.3 is 5.69 Å². The number of hydrogen-bond acceptors (Lipinski definition) is 6. The van der Waals surface area contributed by atoms with Crippen LogP contribution in [0.25, 0.3) is 0 Å². The van der Waals surface area contributed by atoms with Gasteiger partial charge in [0.2, 0.25) is 0 Å². The van der Waals surface area contributed by atoms with E-state index in [9.17, 15) is 14.9 Å². The van der Waals surface area contributed by atoms with Crippen LogP contribution in [0.15, 0.2) is 72.1 Å². The number of halogens is 1. The Kier molecular flexibility index (Phi) is 6.16. The van der Waals surface area contributed by atoms with E-state index in [1.807, 2.05) is 0 Å². The molecule has 0 saturated carbocycles. The third kappa shape index (κ3) is 4.74. The summed E-state index contributed by atoms with van der Waals surface area (Å²) in [6.45, 7) is 0. The van der Waals surface area contributed by atoms with Gasteiger partial charge in [-0.05, 0) is 36.4 Å². The predicted molar refractivity (Wildman–Crippen MR) is 108 cm³/mol. The van der Waals surface area contributed by atoms with Crippen molar-refractivity contribution in [1.29, 1.82) is 0 Å². The minimum atomic E-state index is -0.549. The van der Waals surface area contributed by atoms with Crippen LogP contribution in [0.4, 0.5) is 5.69 Å². The molecule has 8 nitrogen and oxygen atoms in total. The number of nitrogens with one attached hydrogen (secondary N) is 1. The lowest BCUT2D eigenvalue weighted by Gasteiger charge is -2.10. The Labute approximate surface area is 171 Å². The van der Waals surface area contributed by atoms with Crippen molar-refractivity contribution in [2.24, 2.45) is 5.10 Å². The lowest BCUT2D eigenvalue weighted by Crippen LogP contribution is -2.20. The summed E-state index contributed by atoms with van der Waals surface area (Å²) in [5.74, 6) is -0.357. The number of pyridine rings is 1. The first-order chi connectivity index (χ1) is 14.0. The Balaban J connectivity index is 2.05. The molecular formula is C20H15ClN4O4. The minimum absolute atomic E-state index is 0.114. The van der Waals surface area contributed by atoms with Crippen molar-refractivity contribution < 1.29 is 14.5 Å². The average molecular weight is 411 g/mol. The van der Waals surface area contributed by atoms with Crippen molar-refractivity contribution in [3.8, 4) is 5.75 Å². The van der Waals surface area contributed by atoms with Crippen molar-refractivity contribution in [3.63, 3.8) is 0 Å². The Hall–Kier alpha value is -3.78. The van der Waals surface area contributed by atoms with E-state index < -0.39 is 10.8 Å². The number of nitrogens with zero attached hydrogens (tertiary/aromatic N) is 3. The molecule has 0 unspecified atom stereocenters. The zero-order valence-electron chi connectivity index (χ0n) is 15.2. The number of nitro groups is 1. The predicted octanol–water partition coefficient (Wildman–Crippen LogP) is 3.83. The number of hydrogen-bond donors (Lipinski definition) is 1. The topological polar surface area (TPSA) is 107 Å². The van der Waals surface area contributed by atoms with E-state index >= 15 is 0 Å². The highest BCUT2D eigenvalue weighted by molar-refractivity contribution is 6.31. The van der Waals surface area contributed by atoms with Crippen molar-refractivity contribution >= 4 is 28.9 Å². The molecule has 0 bridgehead atoms. The van der Waals surface area contributed by atoms with Crippen LogP contribution >= 0.6 is 11.6 Å². The minimum Gasteiger partial charge on any atom is -0.490 e. The number of carbonyl (C=O) groups is 1. The van der Waals surface area contributed by atoms with Gasteiger partial charge in [-0.1, -0.05) is 23.7 Å². The fourth-order valence-electron chi connectivity index (χ4n) is 2.58. The molecule has 1 heterocycles. The molecule has 0 saturated heterocycles. The summed E-state index contributed by atoms with van der Waals surface area (Å²) in [7, 11) is 1.35. The second-order valence-corrected chi connectivity index (χ2v) is 6.23. The Morgan fingerprint density at radius 1 is 1.14 bits per heavy atom. The molecule has 1 amide bonds. The van der Waals surface area contributed by atoms with E-state index in [4.69, 9.17) is 16.3 Å². The highest BCUT2D eigenvalue weighted by Gasteiger charge is 2.19. The van der Waals surface area contributed by atoms with Crippen LogP contribution in [0, 0.1) is 10.1 Å². The van der Waals surface area contributed by atoms with Crippen LogP contribution in [-0.4, -0.2) is 28.6 Å². The number of carbonyl (C=O) groups excluding carboxylic acids is 1. The van der Waals surface area contributed by atoms with E-state index in [1.165, 1.54) is 25.4 Å². The fourth-order valence-corrected chi connectivity index (χ4v) is 2.77. The second-order valence-electron chi connectivity index (χ2n) is 5.80. The highest BCUT2D eigenvalue weighted by Crippen LogP contribution is 2.29. The number of amides is 1. The van der Waals surface area contributed by atoms with Gasteiger partial charge in [-0.3, -0.25) is 19.9 Å². The van der Waals surface area contributed by atoms with E-state index in [1.54, 1.807) is 48.7 Å². The maximum absolute atomic E-state index is 12.3. The molecule has 3 aromatic rings. The van der Waals surface area contributed by atoms with Crippen LogP contribution in [0.3, 0.4) is 0 Å². The summed E-state index contributed by atoms with van der Waals surface area (Å²) in [5, 5.41) is 16.0. The lowest BCUT2D eigenvalue weighted by molar-refractivity contribution is -0.385. The monoisotopic (exact) mass is 410 g/mol. The van der Waals surface area contributed by atoms with Crippen molar-refractivity contribution in [3.05, 3.63) is 98.8 Å². The molecule has 9 heteroatoms. The number of rotatable bonds is 6.